The number of aryl methyl sites for hydroxylation is 1. The maximum atomic E-state index is 16.0. The zero-order chi connectivity index (χ0) is 40.2. The number of amides is 3. The van der Waals surface area contributed by atoms with E-state index >= 15 is 4.39 Å². The number of fused-ring (bicyclic) bond motifs is 2. The Balaban J connectivity index is 0.916. The zero-order valence-corrected chi connectivity index (χ0v) is 30.7. The van der Waals surface area contributed by atoms with E-state index in [4.69, 9.17) is 5.10 Å². The van der Waals surface area contributed by atoms with Crippen molar-refractivity contribution in [2.75, 3.05) is 25.0 Å². The number of nitrogens with zero attached hydrogens (tertiary/aromatic N) is 7. The summed E-state index contributed by atoms with van der Waals surface area (Å²) in [4.78, 5) is 56.2. The van der Waals surface area contributed by atoms with Crippen molar-refractivity contribution in [1.82, 2.24) is 34.1 Å². The number of piperidine rings is 1. The van der Waals surface area contributed by atoms with E-state index in [0.29, 0.717) is 52.1 Å². The summed E-state index contributed by atoms with van der Waals surface area (Å²) in [6.07, 6.45) is 1.43. The van der Waals surface area contributed by atoms with Crippen LogP contribution in [-0.2, 0) is 22.8 Å². The van der Waals surface area contributed by atoms with E-state index in [2.05, 4.69) is 20.5 Å². The van der Waals surface area contributed by atoms with Crippen LogP contribution in [0.1, 0.15) is 77.9 Å². The molecule has 5 heterocycles. The molecule has 5 aromatic rings. The van der Waals surface area contributed by atoms with Crippen LogP contribution in [0, 0.1) is 17.2 Å². The van der Waals surface area contributed by atoms with Crippen LogP contribution >= 0.6 is 0 Å². The van der Waals surface area contributed by atoms with Crippen LogP contribution in [0.25, 0.3) is 27.5 Å². The number of pyridine rings is 1. The number of halogens is 4. The number of anilines is 1. The molecule has 3 aromatic heterocycles. The molecular weight excluding hydrogens is 746 g/mol. The summed E-state index contributed by atoms with van der Waals surface area (Å²) >= 11 is 0. The normalized spacial score (nSPS) is 22.0. The number of para-hydroxylation sites is 1. The Morgan fingerprint density at radius 2 is 1.82 bits per heavy atom. The molecule has 0 spiro atoms. The molecule has 57 heavy (non-hydrogen) atoms. The molecule has 2 aliphatic heterocycles. The minimum absolute atomic E-state index is 0.0768. The number of hydrogen-bond donors (Lipinski definition) is 2. The van der Waals surface area contributed by atoms with E-state index in [1.165, 1.54) is 21.3 Å². The SMILES string of the molecule is Cn1c(=O)n(C2CCC(=O)NC2=O)c2cccc(C3=CCN(CC4CCC(n5cc6cc(NC(=O)c7cccc(C(F)(F)F)n7)c(C#N)cc6n5)CC4)CC3F)c21. The lowest BCUT2D eigenvalue weighted by Crippen LogP contribution is -2.44. The Labute approximate surface area is 322 Å². The summed E-state index contributed by atoms with van der Waals surface area (Å²) < 4.78 is 60.2. The number of nitriles is 1. The average Bonchev–Trinajstić information content (AvgIpc) is 3.71. The van der Waals surface area contributed by atoms with E-state index < -0.39 is 47.3 Å². The number of imidazole rings is 1. The second kappa shape index (κ2) is 14.7. The first-order valence-corrected chi connectivity index (χ1v) is 18.7. The first-order chi connectivity index (χ1) is 27.3. The van der Waals surface area contributed by atoms with Gasteiger partial charge < -0.3 is 5.32 Å². The molecule has 294 valence electrons. The van der Waals surface area contributed by atoms with Gasteiger partial charge >= 0.3 is 11.9 Å². The lowest BCUT2D eigenvalue weighted by Gasteiger charge is -2.35. The number of rotatable bonds is 7. The van der Waals surface area contributed by atoms with E-state index in [-0.39, 0.29) is 42.6 Å². The lowest BCUT2D eigenvalue weighted by molar-refractivity contribution is -0.141. The quantitative estimate of drug-likeness (QED) is 0.158. The summed E-state index contributed by atoms with van der Waals surface area (Å²) in [5, 5.41) is 20.0. The van der Waals surface area contributed by atoms with Gasteiger partial charge in [-0.2, -0.15) is 23.5 Å². The van der Waals surface area contributed by atoms with Crippen molar-refractivity contribution in [2.24, 2.45) is 13.0 Å². The molecule has 3 aliphatic rings. The number of nitrogens with one attached hydrogen (secondary N) is 2. The topological polar surface area (TPSA) is 160 Å². The van der Waals surface area contributed by atoms with Crippen LogP contribution in [0.5, 0.6) is 0 Å². The van der Waals surface area contributed by atoms with Crippen LogP contribution in [0.4, 0.5) is 23.2 Å². The fourth-order valence-corrected chi connectivity index (χ4v) is 8.42. The van der Waals surface area contributed by atoms with E-state index in [9.17, 15) is 37.6 Å². The summed E-state index contributed by atoms with van der Waals surface area (Å²) in [5.74, 6) is -1.45. The van der Waals surface area contributed by atoms with E-state index in [1.807, 2.05) is 23.0 Å². The maximum absolute atomic E-state index is 16.0. The molecule has 2 atom stereocenters. The molecular formula is C40H37F4N9O4. The van der Waals surface area contributed by atoms with Crippen LogP contribution in [0.3, 0.4) is 0 Å². The molecule has 2 unspecified atom stereocenters. The third kappa shape index (κ3) is 7.21. The number of carbonyl (C=O) groups is 3. The summed E-state index contributed by atoms with van der Waals surface area (Å²) in [6.45, 7) is 1.43. The van der Waals surface area contributed by atoms with Gasteiger partial charge in [0, 0.05) is 50.2 Å². The lowest BCUT2D eigenvalue weighted by atomic mass is 9.85. The van der Waals surface area contributed by atoms with Crippen molar-refractivity contribution < 1.29 is 31.9 Å². The third-order valence-electron chi connectivity index (χ3n) is 11.3. The molecule has 1 saturated heterocycles. The highest BCUT2D eigenvalue weighted by Gasteiger charge is 2.35. The minimum Gasteiger partial charge on any atom is -0.319 e. The highest BCUT2D eigenvalue weighted by atomic mass is 19.4. The Hall–Kier alpha value is -6.15. The molecule has 17 heteroatoms. The van der Waals surface area contributed by atoms with Crippen LogP contribution in [0.15, 0.2) is 65.6 Å². The van der Waals surface area contributed by atoms with Crippen molar-refractivity contribution >= 4 is 50.9 Å². The Morgan fingerprint density at radius 1 is 1.05 bits per heavy atom. The second-order valence-corrected chi connectivity index (χ2v) is 14.9. The van der Waals surface area contributed by atoms with Gasteiger partial charge in [-0.05, 0) is 73.9 Å². The largest absolute Gasteiger partial charge is 0.433 e. The van der Waals surface area contributed by atoms with Crippen LogP contribution in [-0.4, -0.2) is 72.3 Å². The van der Waals surface area contributed by atoms with Crippen molar-refractivity contribution in [1.29, 1.82) is 5.26 Å². The highest BCUT2D eigenvalue weighted by Crippen LogP contribution is 2.37. The first-order valence-electron chi connectivity index (χ1n) is 18.7. The Morgan fingerprint density at radius 3 is 2.54 bits per heavy atom. The van der Waals surface area contributed by atoms with Gasteiger partial charge in [0.2, 0.25) is 11.8 Å². The van der Waals surface area contributed by atoms with Gasteiger partial charge in [-0.1, -0.05) is 24.3 Å². The number of benzene rings is 2. The number of carbonyl (C=O) groups excluding carboxylic acids is 3. The Kier molecular flexibility index (Phi) is 9.76. The van der Waals surface area contributed by atoms with Crippen LogP contribution < -0.4 is 16.3 Å². The molecule has 1 saturated carbocycles. The fourth-order valence-electron chi connectivity index (χ4n) is 8.42. The number of aromatic nitrogens is 5. The molecule has 0 bridgehead atoms. The average molecular weight is 784 g/mol. The van der Waals surface area contributed by atoms with Crippen molar-refractivity contribution in [3.8, 4) is 6.07 Å². The minimum atomic E-state index is -4.72. The van der Waals surface area contributed by atoms with Crippen molar-refractivity contribution in [3.63, 3.8) is 0 Å². The van der Waals surface area contributed by atoms with Crippen LogP contribution in [0.2, 0.25) is 0 Å². The molecule has 13 nitrogen and oxygen atoms in total. The van der Waals surface area contributed by atoms with Crippen molar-refractivity contribution in [2.45, 2.75) is 63.0 Å². The Bertz CT molecular complexity index is 2580. The maximum Gasteiger partial charge on any atom is 0.433 e. The number of hydrogen-bond acceptors (Lipinski definition) is 8. The van der Waals surface area contributed by atoms with Gasteiger partial charge in [0.05, 0.1) is 33.8 Å². The number of alkyl halides is 4. The molecule has 2 aromatic carbocycles. The van der Waals surface area contributed by atoms with E-state index in [1.54, 1.807) is 31.3 Å². The summed E-state index contributed by atoms with van der Waals surface area (Å²) in [7, 11) is 1.61. The highest BCUT2D eigenvalue weighted by molar-refractivity contribution is 6.05. The predicted molar refractivity (Wildman–Crippen MR) is 201 cm³/mol. The van der Waals surface area contributed by atoms with Gasteiger partial charge in [0.25, 0.3) is 5.91 Å². The van der Waals surface area contributed by atoms with Gasteiger partial charge in [0.15, 0.2) is 0 Å². The first kappa shape index (κ1) is 37.8. The standard InChI is InChI=1S/C40H37F4N9O4/c1-50-36-27(4-2-6-32(36)53(39(50)57)33-12-13-35(54)48-38(33)56)26-14-15-51(21-28(26)41)19-22-8-10-25(11-9-22)52-20-24-17-30(23(18-45)16-31(24)49-52)47-37(55)29-5-3-7-34(46-29)40(42,43)44/h2-7,14,16-17,20,22,25,28,33H,8-13,15,19,21H2,1H3,(H,47,55)(H,48,54,56). The van der Waals surface area contributed by atoms with E-state index in [0.717, 1.165) is 37.8 Å². The molecule has 8 rings (SSSR count). The fraction of sp³-hybridized carbons (Fsp3) is 0.375. The third-order valence-corrected chi connectivity index (χ3v) is 11.3. The molecule has 2 N–H and O–H groups in total. The number of imide groups is 1. The zero-order valence-electron chi connectivity index (χ0n) is 30.7. The molecule has 1 aliphatic carbocycles. The van der Waals surface area contributed by atoms with Gasteiger partial charge in [-0.15, -0.1) is 0 Å². The monoisotopic (exact) mass is 783 g/mol. The summed E-state index contributed by atoms with van der Waals surface area (Å²) in [5.41, 5.74) is 0.880. The molecule has 3 amide bonds. The predicted octanol–water partition coefficient (Wildman–Crippen LogP) is 5.67. The molecule has 2 fully saturated rings. The molecule has 0 radical (unpaired) electrons. The smallest absolute Gasteiger partial charge is 0.319 e. The van der Waals surface area contributed by atoms with Gasteiger partial charge in [-0.3, -0.25) is 38.4 Å². The van der Waals surface area contributed by atoms with Gasteiger partial charge in [-0.25, -0.2) is 14.2 Å². The second-order valence-electron chi connectivity index (χ2n) is 14.9. The van der Waals surface area contributed by atoms with Crippen molar-refractivity contribution in [3.05, 3.63) is 93.8 Å². The summed E-state index contributed by atoms with van der Waals surface area (Å²) in [6, 6.07) is 12.7. The van der Waals surface area contributed by atoms with Gasteiger partial charge in [0.1, 0.15) is 29.7 Å².